The Balaban J connectivity index is 2.14. The van der Waals surface area contributed by atoms with Gasteiger partial charge in [0.1, 0.15) is 16.5 Å². The second-order valence-electron chi connectivity index (χ2n) is 4.16. The minimum atomic E-state index is -4.41. The van der Waals surface area contributed by atoms with Crippen LogP contribution in [0.15, 0.2) is 35.4 Å². The van der Waals surface area contributed by atoms with Gasteiger partial charge in [0, 0.05) is 23.2 Å². The molecule has 2 rings (SSSR count). The molecular weight excluding hydrogens is 334 g/mol. The van der Waals surface area contributed by atoms with Crippen molar-refractivity contribution in [1.29, 1.82) is 0 Å². The number of aromatic nitrogens is 1. The monoisotopic (exact) mass is 344 g/mol. The Labute approximate surface area is 129 Å². The van der Waals surface area contributed by atoms with Crippen LogP contribution in [0.3, 0.4) is 0 Å². The Morgan fingerprint density at radius 3 is 2.68 bits per heavy atom. The topological polar surface area (TPSA) is 76.1 Å². The normalized spacial score (nSPS) is 11.8. The van der Waals surface area contributed by atoms with E-state index in [0.29, 0.717) is 10.9 Å². The van der Waals surface area contributed by atoms with E-state index in [9.17, 15) is 22.0 Å². The summed E-state index contributed by atoms with van der Waals surface area (Å²) in [4.78, 5) is 15.4. The third-order valence-corrected chi connectivity index (χ3v) is 4.71. The minimum absolute atomic E-state index is 0.426. The van der Waals surface area contributed by atoms with Crippen LogP contribution in [0, 0.1) is 18.6 Å². The molecule has 0 saturated carbocycles. The van der Waals surface area contributed by atoms with Crippen molar-refractivity contribution < 1.29 is 22.0 Å². The third kappa shape index (κ3) is 3.95. The zero-order valence-electron chi connectivity index (χ0n) is 11.2. The van der Waals surface area contributed by atoms with Crippen molar-refractivity contribution in [3.05, 3.63) is 52.0 Å². The summed E-state index contributed by atoms with van der Waals surface area (Å²) in [5.74, 6) is -3.14. The molecule has 0 aliphatic rings. The van der Waals surface area contributed by atoms with Gasteiger partial charge in [-0.05, 0) is 25.1 Å². The lowest BCUT2D eigenvalue weighted by Crippen LogP contribution is -2.29. The van der Waals surface area contributed by atoms with E-state index in [1.807, 2.05) is 0 Å². The molecule has 0 fully saturated rings. The zero-order valence-corrected chi connectivity index (χ0v) is 12.8. The van der Waals surface area contributed by atoms with E-state index in [4.69, 9.17) is 0 Å². The number of nitrogens with one attached hydrogen (secondary N) is 1. The number of carbonyl (C=O) groups excluding carboxylic acids is 1. The number of thiazole rings is 1. The predicted molar refractivity (Wildman–Crippen MR) is 77.6 cm³/mol. The van der Waals surface area contributed by atoms with Gasteiger partial charge in [0.15, 0.2) is 0 Å². The molecule has 116 valence electrons. The molecule has 1 amide bonds. The first kappa shape index (κ1) is 16.2. The van der Waals surface area contributed by atoms with Crippen LogP contribution < -0.4 is 4.72 Å². The van der Waals surface area contributed by atoms with E-state index >= 15 is 0 Å². The maximum Gasteiger partial charge on any atom is 0.267 e. The van der Waals surface area contributed by atoms with E-state index in [-0.39, 0.29) is 0 Å². The molecule has 1 heterocycles. The number of aryl methyl sites for hydroxylation is 1. The summed E-state index contributed by atoms with van der Waals surface area (Å²) < 4.78 is 51.6. The van der Waals surface area contributed by atoms with Crippen LogP contribution >= 0.6 is 11.3 Å². The van der Waals surface area contributed by atoms with Gasteiger partial charge < -0.3 is 0 Å². The number of sulfonamides is 1. The van der Waals surface area contributed by atoms with E-state index in [2.05, 4.69) is 4.98 Å². The van der Waals surface area contributed by atoms with Crippen molar-refractivity contribution in [1.82, 2.24) is 9.71 Å². The fraction of sp³-hybridized carbons (Fsp3) is 0.0769. The predicted octanol–water partition coefficient (Wildman–Crippen LogP) is 2.25. The highest BCUT2D eigenvalue weighted by atomic mass is 32.2. The maximum atomic E-state index is 13.5. The number of hydrogen-bond acceptors (Lipinski definition) is 5. The Morgan fingerprint density at radius 2 is 2.09 bits per heavy atom. The molecule has 0 unspecified atom stereocenters. The van der Waals surface area contributed by atoms with Gasteiger partial charge in [0.05, 0.1) is 5.01 Å². The summed E-state index contributed by atoms with van der Waals surface area (Å²) >= 11 is 1.32. The average molecular weight is 344 g/mol. The first-order valence-corrected chi connectivity index (χ1v) is 8.20. The SMILES string of the molecule is Cc1ncc(/C=C/C(=O)NS(=O)(=O)c2ccc(F)cc2F)s1. The van der Waals surface area contributed by atoms with Crippen LogP contribution in [0.5, 0.6) is 0 Å². The highest BCUT2D eigenvalue weighted by Gasteiger charge is 2.21. The number of rotatable bonds is 4. The molecule has 2 aromatic rings. The summed E-state index contributed by atoms with van der Waals surface area (Å²) in [7, 11) is -4.41. The number of carbonyl (C=O) groups is 1. The quantitative estimate of drug-likeness (QED) is 0.863. The van der Waals surface area contributed by atoms with Gasteiger partial charge in [-0.2, -0.15) is 0 Å². The third-order valence-electron chi connectivity index (χ3n) is 2.46. The molecule has 0 spiro atoms. The van der Waals surface area contributed by atoms with Crippen LogP contribution in [0.25, 0.3) is 6.08 Å². The fourth-order valence-corrected chi connectivity index (χ4v) is 3.22. The van der Waals surface area contributed by atoms with Gasteiger partial charge in [-0.1, -0.05) is 0 Å². The Kier molecular flexibility index (Phi) is 4.67. The number of halogens is 2. The molecule has 1 aromatic carbocycles. The zero-order chi connectivity index (χ0) is 16.3. The number of hydrogen-bond donors (Lipinski definition) is 1. The van der Waals surface area contributed by atoms with E-state index < -0.39 is 32.5 Å². The second kappa shape index (κ2) is 6.32. The molecule has 0 aliphatic heterocycles. The summed E-state index contributed by atoms with van der Waals surface area (Å²) in [5, 5.41) is 0.793. The molecule has 22 heavy (non-hydrogen) atoms. The lowest BCUT2D eigenvalue weighted by molar-refractivity contribution is -0.114. The van der Waals surface area contributed by atoms with Gasteiger partial charge in [0.25, 0.3) is 15.9 Å². The van der Waals surface area contributed by atoms with Crippen molar-refractivity contribution >= 4 is 33.3 Å². The molecule has 0 atom stereocenters. The van der Waals surface area contributed by atoms with Gasteiger partial charge >= 0.3 is 0 Å². The van der Waals surface area contributed by atoms with Crippen molar-refractivity contribution in [2.24, 2.45) is 0 Å². The molecule has 5 nitrogen and oxygen atoms in total. The average Bonchev–Trinajstić information content (AvgIpc) is 2.81. The van der Waals surface area contributed by atoms with Gasteiger partial charge in [-0.15, -0.1) is 11.3 Å². The summed E-state index contributed by atoms with van der Waals surface area (Å²) in [6.45, 7) is 1.78. The summed E-state index contributed by atoms with van der Waals surface area (Å²) in [6.07, 6.45) is 3.90. The molecule has 0 bridgehead atoms. The first-order chi connectivity index (χ1) is 10.3. The van der Waals surface area contributed by atoms with Gasteiger partial charge in [-0.3, -0.25) is 4.79 Å². The van der Waals surface area contributed by atoms with Gasteiger partial charge in [0.2, 0.25) is 0 Å². The van der Waals surface area contributed by atoms with Crippen molar-refractivity contribution in [2.45, 2.75) is 11.8 Å². The first-order valence-electron chi connectivity index (χ1n) is 5.90. The number of nitrogens with zero attached hydrogens (tertiary/aromatic N) is 1. The highest BCUT2D eigenvalue weighted by molar-refractivity contribution is 7.90. The van der Waals surface area contributed by atoms with Crippen molar-refractivity contribution in [3.63, 3.8) is 0 Å². The van der Waals surface area contributed by atoms with Gasteiger partial charge in [-0.25, -0.2) is 26.9 Å². The van der Waals surface area contributed by atoms with Crippen LogP contribution in [-0.4, -0.2) is 19.3 Å². The fourth-order valence-electron chi connectivity index (χ4n) is 1.53. The summed E-state index contributed by atoms with van der Waals surface area (Å²) in [6, 6.07) is 1.96. The van der Waals surface area contributed by atoms with E-state index in [0.717, 1.165) is 23.2 Å². The summed E-state index contributed by atoms with van der Waals surface area (Å²) in [5.41, 5.74) is 0. The standard InChI is InChI=1S/C13H10F2N2O3S2/c1-8-16-7-10(21-8)3-5-13(18)17-22(19,20)12-4-2-9(14)6-11(12)15/h2-7H,1H3,(H,17,18)/b5-3+. The largest absolute Gasteiger partial charge is 0.269 e. The molecule has 0 radical (unpaired) electrons. The highest BCUT2D eigenvalue weighted by Crippen LogP contribution is 2.16. The lowest BCUT2D eigenvalue weighted by Gasteiger charge is -2.05. The second-order valence-corrected chi connectivity index (χ2v) is 7.08. The number of amides is 1. The van der Waals surface area contributed by atoms with Crippen LogP contribution in [0.2, 0.25) is 0 Å². The Bertz CT molecular complexity index is 845. The molecule has 0 aliphatic carbocycles. The molecular formula is C13H10F2N2O3S2. The molecule has 1 aromatic heterocycles. The Hall–Kier alpha value is -2.13. The van der Waals surface area contributed by atoms with Crippen LogP contribution in [0.1, 0.15) is 9.88 Å². The molecule has 9 heteroatoms. The van der Waals surface area contributed by atoms with Crippen LogP contribution in [-0.2, 0) is 14.8 Å². The molecule has 0 saturated heterocycles. The molecule has 1 N–H and O–H groups in total. The maximum absolute atomic E-state index is 13.5. The smallest absolute Gasteiger partial charge is 0.267 e. The van der Waals surface area contributed by atoms with E-state index in [1.165, 1.54) is 23.6 Å². The lowest BCUT2D eigenvalue weighted by atomic mass is 10.3. The van der Waals surface area contributed by atoms with Crippen LogP contribution in [0.4, 0.5) is 8.78 Å². The number of benzene rings is 1. The minimum Gasteiger partial charge on any atom is -0.269 e. The van der Waals surface area contributed by atoms with Crippen molar-refractivity contribution in [2.75, 3.05) is 0 Å². The van der Waals surface area contributed by atoms with E-state index in [1.54, 1.807) is 11.6 Å². The Morgan fingerprint density at radius 1 is 1.36 bits per heavy atom. The van der Waals surface area contributed by atoms with Crippen molar-refractivity contribution in [3.8, 4) is 0 Å².